The first kappa shape index (κ1) is 10.1. The third-order valence-electron chi connectivity index (χ3n) is 2.92. The molecule has 5 heteroatoms. The predicted molar refractivity (Wildman–Crippen MR) is 61.3 cm³/mol. The van der Waals surface area contributed by atoms with E-state index in [0.717, 1.165) is 12.4 Å². The quantitative estimate of drug-likeness (QED) is 0.845. The average Bonchev–Trinajstić information content (AvgIpc) is 3.04. The monoisotopic (exact) mass is 232 g/mol. The smallest absolute Gasteiger partial charge is 0.357 e. The molecular formula is C12H12N2O3. The van der Waals surface area contributed by atoms with Crippen LogP contribution in [0, 0.1) is 5.92 Å². The van der Waals surface area contributed by atoms with Gasteiger partial charge in [-0.3, -0.25) is 5.10 Å². The van der Waals surface area contributed by atoms with Crippen LogP contribution in [0.15, 0.2) is 18.2 Å². The van der Waals surface area contributed by atoms with Crippen molar-refractivity contribution in [2.75, 3.05) is 6.61 Å². The lowest BCUT2D eigenvalue weighted by Gasteiger charge is -2.04. The number of H-pyrrole nitrogens is 1. The Balaban J connectivity index is 1.88. The molecule has 1 fully saturated rings. The number of carbonyl (C=O) groups is 1. The van der Waals surface area contributed by atoms with Crippen molar-refractivity contribution in [2.45, 2.75) is 12.8 Å². The third-order valence-corrected chi connectivity index (χ3v) is 2.92. The van der Waals surface area contributed by atoms with Gasteiger partial charge in [0.2, 0.25) is 0 Å². The summed E-state index contributed by atoms with van der Waals surface area (Å²) in [5.41, 5.74) is 0.740. The summed E-state index contributed by atoms with van der Waals surface area (Å²) in [6, 6.07) is 5.30. The first-order valence-electron chi connectivity index (χ1n) is 5.58. The summed E-state index contributed by atoms with van der Waals surface area (Å²) in [7, 11) is 0. The van der Waals surface area contributed by atoms with Gasteiger partial charge >= 0.3 is 5.97 Å². The zero-order valence-electron chi connectivity index (χ0n) is 9.14. The molecule has 88 valence electrons. The Morgan fingerprint density at radius 2 is 2.35 bits per heavy atom. The zero-order chi connectivity index (χ0) is 11.8. The number of hydrogen-bond acceptors (Lipinski definition) is 3. The fourth-order valence-electron chi connectivity index (χ4n) is 1.75. The molecule has 5 nitrogen and oxygen atoms in total. The van der Waals surface area contributed by atoms with E-state index in [4.69, 9.17) is 9.84 Å². The van der Waals surface area contributed by atoms with E-state index in [1.165, 1.54) is 12.8 Å². The number of aromatic amines is 1. The van der Waals surface area contributed by atoms with Gasteiger partial charge in [0, 0.05) is 11.5 Å². The molecule has 1 aromatic carbocycles. The van der Waals surface area contributed by atoms with Gasteiger partial charge in [0.05, 0.1) is 12.1 Å². The maximum Gasteiger partial charge on any atom is 0.357 e. The van der Waals surface area contributed by atoms with Crippen LogP contribution in [0.4, 0.5) is 0 Å². The van der Waals surface area contributed by atoms with E-state index in [-0.39, 0.29) is 5.69 Å². The highest BCUT2D eigenvalue weighted by Crippen LogP contribution is 2.30. The molecule has 1 saturated carbocycles. The van der Waals surface area contributed by atoms with Gasteiger partial charge in [-0.25, -0.2) is 4.79 Å². The summed E-state index contributed by atoms with van der Waals surface area (Å²) in [5, 5.41) is 16.0. The van der Waals surface area contributed by atoms with Crippen LogP contribution < -0.4 is 4.74 Å². The van der Waals surface area contributed by atoms with Crippen molar-refractivity contribution in [3.05, 3.63) is 23.9 Å². The number of hydrogen-bond donors (Lipinski definition) is 2. The van der Waals surface area contributed by atoms with Crippen LogP contribution in [-0.4, -0.2) is 27.9 Å². The molecule has 0 aliphatic heterocycles. The van der Waals surface area contributed by atoms with Crippen molar-refractivity contribution in [1.82, 2.24) is 10.2 Å². The maximum absolute atomic E-state index is 10.9. The molecule has 1 aliphatic rings. The lowest BCUT2D eigenvalue weighted by atomic mass is 10.2. The Bertz CT molecular complexity index is 572. The Hall–Kier alpha value is -2.04. The second-order valence-electron chi connectivity index (χ2n) is 4.34. The van der Waals surface area contributed by atoms with E-state index in [2.05, 4.69) is 10.2 Å². The van der Waals surface area contributed by atoms with Crippen LogP contribution in [0.1, 0.15) is 23.3 Å². The second-order valence-corrected chi connectivity index (χ2v) is 4.34. The molecule has 2 aromatic rings. The van der Waals surface area contributed by atoms with Crippen molar-refractivity contribution in [3.63, 3.8) is 0 Å². The van der Waals surface area contributed by atoms with E-state index in [0.29, 0.717) is 16.8 Å². The number of carboxylic acid groups (broad SMARTS) is 1. The molecule has 0 atom stereocenters. The standard InChI is InChI=1S/C12H12N2O3/c15-12(16)11-9-4-3-8(5-10(9)13-14-11)17-6-7-1-2-7/h3-5,7H,1-2,6H2,(H,13,14)(H,15,16). The first-order chi connectivity index (χ1) is 8.24. The van der Waals surface area contributed by atoms with Crippen LogP contribution in [0.2, 0.25) is 0 Å². The summed E-state index contributed by atoms with van der Waals surface area (Å²) in [5.74, 6) is 0.426. The summed E-state index contributed by atoms with van der Waals surface area (Å²) in [6.07, 6.45) is 2.49. The van der Waals surface area contributed by atoms with Gasteiger partial charge in [0.15, 0.2) is 5.69 Å². The summed E-state index contributed by atoms with van der Waals surface area (Å²) in [6.45, 7) is 0.741. The molecule has 1 aromatic heterocycles. The molecule has 1 aliphatic carbocycles. The van der Waals surface area contributed by atoms with Gasteiger partial charge in [-0.15, -0.1) is 0 Å². The van der Waals surface area contributed by atoms with Gasteiger partial charge < -0.3 is 9.84 Å². The van der Waals surface area contributed by atoms with E-state index in [9.17, 15) is 4.79 Å². The van der Waals surface area contributed by atoms with Crippen molar-refractivity contribution in [1.29, 1.82) is 0 Å². The highest BCUT2D eigenvalue weighted by molar-refractivity contribution is 6.01. The number of carboxylic acids is 1. The fourth-order valence-corrected chi connectivity index (χ4v) is 1.75. The van der Waals surface area contributed by atoms with E-state index in [1.54, 1.807) is 18.2 Å². The molecule has 0 bridgehead atoms. The molecule has 0 radical (unpaired) electrons. The zero-order valence-corrected chi connectivity index (χ0v) is 9.14. The highest BCUT2D eigenvalue weighted by Gasteiger charge is 2.22. The molecular weight excluding hydrogens is 220 g/mol. The number of fused-ring (bicyclic) bond motifs is 1. The Morgan fingerprint density at radius 3 is 3.06 bits per heavy atom. The first-order valence-corrected chi connectivity index (χ1v) is 5.58. The minimum absolute atomic E-state index is 0.0498. The van der Waals surface area contributed by atoms with Gasteiger partial charge in [0.25, 0.3) is 0 Å². The fraction of sp³-hybridized carbons (Fsp3) is 0.333. The van der Waals surface area contributed by atoms with Gasteiger partial charge in [-0.2, -0.15) is 5.10 Å². The molecule has 0 unspecified atom stereocenters. The molecule has 3 rings (SSSR count). The Kier molecular flexibility index (Phi) is 2.24. The molecule has 17 heavy (non-hydrogen) atoms. The van der Waals surface area contributed by atoms with Crippen LogP contribution in [0.3, 0.4) is 0 Å². The second kappa shape index (κ2) is 3.76. The average molecular weight is 232 g/mol. The van der Waals surface area contributed by atoms with E-state index in [1.807, 2.05) is 0 Å². The Labute approximate surface area is 97.4 Å². The van der Waals surface area contributed by atoms with Crippen molar-refractivity contribution >= 4 is 16.9 Å². The van der Waals surface area contributed by atoms with Crippen LogP contribution in [0.25, 0.3) is 10.9 Å². The molecule has 1 heterocycles. The SMILES string of the molecule is O=C(O)c1n[nH]c2cc(OCC3CC3)ccc12. The number of nitrogens with one attached hydrogen (secondary N) is 1. The van der Waals surface area contributed by atoms with E-state index >= 15 is 0 Å². The predicted octanol–water partition coefficient (Wildman–Crippen LogP) is 2.05. The van der Waals surface area contributed by atoms with Crippen molar-refractivity contribution < 1.29 is 14.6 Å². The van der Waals surface area contributed by atoms with E-state index < -0.39 is 5.97 Å². The van der Waals surface area contributed by atoms with Crippen LogP contribution in [-0.2, 0) is 0 Å². The minimum Gasteiger partial charge on any atom is -0.493 e. The third kappa shape index (κ3) is 1.95. The Morgan fingerprint density at radius 1 is 1.53 bits per heavy atom. The number of ether oxygens (including phenoxy) is 1. The number of rotatable bonds is 4. The van der Waals surface area contributed by atoms with Crippen molar-refractivity contribution in [2.24, 2.45) is 5.92 Å². The molecule has 0 amide bonds. The lowest BCUT2D eigenvalue weighted by molar-refractivity contribution is 0.0692. The van der Waals surface area contributed by atoms with Gasteiger partial charge in [-0.1, -0.05) is 0 Å². The van der Waals surface area contributed by atoms with Crippen LogP contribution >= 0.6 is 0 Å². The molecule has 0 spiro atoms. The van der Waals surface area contributed by atoms with Crippen molar-refractivity contribution in [3.8, 4) is 5.75 Å². The summed E-state index contributed by atoms with van der Waals surface area (Å²) < 4.78 is 5.61. The largest absolute Gasteiger partial charge is 0.493 e. The van der Waals surface area contributed by atoms with Crippen LogP contribution in [0.5, 0.6) is 5.75 Å². The summed E-state index contributed by atoms with van der Waals surface area (Å²) >= 11 is 0. The maximum atomic E-state index is 10.9. The number of aromatic carboxylic acids is 1. The lowest BCUT2D eigenvalue weighted by Crippen LogP contribution is -1.99. The van der Waals surface area contributed by atoms with Gasteiger partial charge in [-0.05, 0) is 30.9 Å². The number of benzene rings is 1. The highest BCUT2D eigenvalue weighted by atomic mass is 16.5. The number of nitrogens with zero attached hydrogens (tertiary/aromatic N) is 1. The number of aromatic nitrogens is 2. The van der Waals surface area contributed by atoms with Gasteiger partial charge in [0.1, 0.15) is 5.75 Å². The summed E-state index contributed by atoms with van der Waals surface area (Å²) in [4.78, 5) is 10.9. The topological polar surface area (TPSA) is 75.2 Å². The molecule has 0 saturated heterocycles. The normalized spacial score (nSPS) is 15.1. The molecule has 2 N–H and O–H groups in total. The minimum atomic E-state index is -1.03.